The van der Waals surface area contributed by atoms with Crippen molar-refractivity contribution in [1.29, 1.82) is 0 Å². The van der Waals surface area contributed by atoms with E-state index in [9.17, 15) is 0 Å². The summed E-state index contributed by atoms with van der Waals surface area (Å²) in [5, 5.41) is 10.6. The van der Waals surface area contributed by atoms with E-state index >= 15 is 0 Å². The molecule has 0 saturated heterocycles. The number of aryl methyl sites for hydroxylation is 1. The van der Waals surface area contributed by atoms with Crippen molar-refractivity contribution in [2.45, 2.75) is 17.8 Å². The van der Waals surface area contributed by atoms with Crippen LogP contribution in [-0.2, 0) is 12.8 Å². The third-order valence-electron chi connectivity index (χ3n) is 4.09. The molecule has 0 radical (unpaired) electrons. The molecule has 3 aromatic heterocycles. The van der Waals surface area contributed by atoms with Crippen LogP contribution < -0.4 is 0 Å². The average molecular weight is 404 g/mol. The van der Waals surface area contributed by atoms with Gasteiger partial charge in [-0.2, -0.15) is 0 Å². The van der Waals surface area contributed by atoms with Crippen molar-refractivity contribution in [2.24, 2.45) is 7.05 Å². The molecule has 0 fully saturated rings. The van der Waals surface area contributed by atoms with Crippen molar-refractivity contribution in [3.63, 3.8) is 0 Å². The predicted octanol–water partition coefficient (Wildman–Crippen LogP) is 5.04. The van der Waals surface area contributed by atoms with E-state index in [0.717, 1.165) is 22.2 Å². The molecule has 0 N–H and O–H groups in total. The highest BCUT2D eigenvalue weighted by Gasteiger charge is 2.14. The number of imidazole rings is 1. The number of hydrogen-bond donors (Lipinski definition) is 0. The van der Waals surface area contributed by atoms with E-state index in [-0.39, 0.29) is 0 Å². The third-order valence-corrected chi connectivity index (χ3v) is 5.63. The normalized spacial score (nSPS) is 11.4. The van der Waals surface area contributed by atoms with Gasteiger partial charge in [-0.05, 0) is 18.6 Å². The van der Waals surface area contributed by atoms with E-state index in [1.807, 2.05) is 34.3 Å². The molecule has 26 heavy (non-hydrogen) atoms. The molecule has 4 aromatic rings. The summed E-state index contributed by atoms with van der Waals surface area (Å²) in [4.78, 5) is 4.57. The van der Waals surface area contributed by atoms with Crippen LogP contribution in [0.2, 0.25) is 10.0 Å². The Morgan fingerprint density at radius 1 is 1.12 bits per heavy atom. The number of rotatable bonds is 4. The minimum atomic E-state index is 0.536. The van der Waals surface area contributed by atoms with Crippen LogP contribution in [0.5, 0.6) is 0 Å². The Morgan fingerprint density at radius 2 is 1.92 bits per heavy atom. The number of halogens is 2. The van der Waals surface area contributed by atoms with Crippen LogP contribution >= 0.6 is 35.0 Å². The summed E-state index contributed by atoms with van der Waals surface area (Å²) in [7, 11) is 1.98. The molecule has 0 unspecified atom stereocenters. The number of pyridine rings is 1. The van der Waals surface area contributed by atoms with Crippen molar-refractivity contribution in [2.75, 3.05) is 0 Å². The molecule has 3 heterocycles. The maximum absolute atomic E-state index is 6.20. The Balaban J connectivity index is 1.58. The van der Waals surface area contributed by atoms with Gasteiger partial charge in [-0.15, -0.1) is 10.2 Å². The van der Waals surface area contributed by atoms with E-state index in [1.54, 1.807) is 24.0 Å². The highest BCUT2D eigenvalue weighted by Crippen LogP contribution is 2.28. The van der Waals surface area contributed by atoms with Crippen LogP contribution in [-0.4, -0.2) is 24.1 Å². The second-order valence-corrected chi connectivity index (χ2v) is 7.72. The number of thioether (sulfide) groups is 1. The molecular formula is C18H15Cl2N5S. The van der Waals surface area contributed by atoms with Crippen LogP contribution in [0, 0.1) is 6.92 Å². The molecule has 0 atom stereocenters. The lowest BCUT2D eigenvalue weighted by atomic mass is 10.1. The largest absolute Gasteiger partial charge is 0.305 e. The zero-order valence-corrected chi connectivity index (χ0v) is 16.5. The fourth-order valence-corrected chi connectivity index (χ4v) is 4.10. The van der Waals surface area contributed by atoms with Gasteiger partial charge in [0, 0.05) is 30.8 Å². The van der Waals surface area contributed by atoms with E-state index in [2.05, 4.69) is 34.2 Å². The first-order valence-corrected chi connectivity index (χ1v) is 9.68. The summed E-state index contributed by atoms with van der Waals surface area (Å²) in [5.74, 6) is 1.52. The fourth-order valence-electron chi connectivity index (χ4n) is 2.78. The number of aromatic nitrogens is 5. The maximum atomic E-state index is 6.20. The fraction of sp³-hybridized carbons (Fsp3) is 0.167. The van der Waals surface area contributed by atoms with Crippen LogP contribution in [0.25, 0.3) is 17.0 Å². The first-order chi connectivity index (χ1) is 12.5. The zero-order valence-electron chi connectivity index (χ0n) is 14.1. The summed E-state index contributed by atoms with van der Waals surface area (Å²) in [6.45, 7) is 2.07. The van der Waals surface area contributed by atoms with Crippen molar-refractivity contribution < 1.29 is 0 Å². The Labute approximate surface area is 165 Å². The molecule has 0 amide bonds. The Hall–Kier alpha value is -2.02. The molecule has 5 nitrogen and oxygen atoms in total. The molecule has 0 aliphatic heterocycles. The Morgan fingerprint density at radius 3 is 2.73 bits per heavy atom. The van der Waals surface area contributed by atoms with Gasteiger partial charge in [-0.25, -0.2) is 4.98 Å². The smallest absolute Gasteiger partial charge is 0.191 e. The van der Waals surface area contributed by atoms with Gasteiger partial charge >= 0.3 is 0 Å². The average Bonchev–Trinajstić information content (AvgIpc) is 3.17. The summed E-state index contributed by atoms with van der Waals surface area (Å²) >= 11 is 13.8. The Bertz CT molecular complexity index is 1100. The lowest BCUT2D eigenvalue weighted by molar-refractivity contribution is 0.793. The first kappa shape index (κ1) is 17.4. The number of fused-ring (bicyclic) bond motifs is 1. The second-order valence-electron chi connectivity index (χ2n) is 5.94. The maximum Gasteiger partial charge on any atom is 0.191 e. The van der Waals surface area contributed by atoms with E-state index in [1.165, 1.54) is 5.56 Å². The SMILES string of the molecule is Cc1ccccc1-c1nnc(SCc2cn3cc(Cl)cc(Cl)c3n2)n1C. The van der Waals surface area contributed by atoms with Crippen LogP contribution in [0.4, 0.5) is 0 Å². The van der Waals surface area contributed by atoms with Crippen LogP contribution in [0.1, 0.15) is 11.3 Å². The van der Waals surface area contributed by atoms with Gasteiger partial charge < -0.3 is 8.97 Å². The van der Waals surface area contributed by atoms with Gasteiger partial charge in [0.15, 0.2) is 16.6 Å². The standard InChI is InChI=1S/C18H15Cl2N5S/c1-11-5-3-4-6-14(11)16-22-23-18(24(16)2)26-10-13-9-25-8-12(19)7-15(20)17(25)21-13/h3-9H,10H2,1-2H3. The van der Waals surface area contributed by atoms with Gasteiger partial charge in [-0.3, -0.25) is 0 Å². The predicted molar refractivity (Wildman–Crippen MR) is 106 cm³/mol. The minimum Gasteiger partial charge on any atom is -0.305 e. The van der Waals surface area contributed by atoms with Crippen molar-refractivity contribution in [3.05, 3.63) is 64.0 Å². The van der Waals surface area contributed by atoms with E-state index in [0.29, 0.717) is 21.4 Å². The van der Waals surface area contributed by atoms with Gasteiger partial charge in [0.2, 0.25) is 0 Å². The van der Waals surface area contributed by atoms with Gasteiger partial charge in [0.05, 0.1) is 15.7 Å². The number of benzene rings is 1. The molecule has 8 heteroatoms. The van der Waals surface area contributed by atoms with Crippen molar-refractivity contribution >= 4 is 40.6 Å². The second kappa shape index (κ2) is 6.95. The summed E-state index contributed by atoms with van der Waals surface area (Å²) < 4.78 is 3.85. The summed E-state index contributed by atoms with van der Waals surface area (Å²) in [5.41, 5.74) is 3.86. The monoisotopic (exact) mass is 403 g/mol. The topological polar surface area (TPSA) is 48.0 Å². The van der Waals surface area contributed by atoms with Gasteiger partial charge in [0.25, 0.3) is 0 Å². The van der Waals surface area contributed by atoms with Gasteiger partial charge in [0.1, 0.15) is 0 Å². The minimum absolute atomic E-state index is 0.536. The quantitative estimate of drug-likeness (QED) is 0.448. The first-order valence-electron chi connectivity index (χ1n) is 7.94. The highest BCUT2D eigenvalue weighted by atomic mass is 35.5. The Kier molecular flexibility index (Phi) is 4.65. The lowest BCUT2D eigenvalue weighted by Gasteiger charge is -2.05. The lowest BCUT2D eigenvalue weighted by Crippen LogP contribution is -1.96. The molecule has 0 bridgehead atoms. The molecule has 4 rings (SSSR count). The van der Waals surface area contributed by atoms with E-state index in [4.69, 9.17) is 23.2 Å². The summed E-state index contributed by atoms with van der Waals surface area (Å²) in [6, 6.07) is 9.85. The van der Waals surface area contributed by atoms with Crippen LogP contribution in [0.15, 0.2) is 47.9 Å². The van der Waals surface area contributed by atoms with Gasteiger partial charge in [-0.1, -0.05) is 59.2 Å². The summed E-state index contributed by atoms with van der Waals surface area (Å²) in [6.07, 6.45) is 3.72. The molecule has 0 spiro atoms. The number of nitrogens with zero attached hydrogens (tertiary/aromatic N) is 5. The molecule has 0 aliphatic rings. The molecule has 1 aromatic carbocycles. The molecule has 0 saturated carbocycles. The molecule has 132 valence electrons. The third kappa shape index (κ3) is 3.20. The number of hydrogen-bond acceptors (Lipinski definition) is 4. The van der Waals surface area contributed by atoms with Crippen molar-refractivity contribution in [3.8, 4) is 11.4 Å². The van der Waals surface area contributed by atoms with Crippen molar-refractivity contribution in [1.82, 2.24) is 24.1 Å². The van der Waals surface area contributed by atoms with Crippen LogP contribution in [0.3, 0.4) is 0 Å². The molecule has 0 aliphatic carbocycles. The molecular weight excluding hydrogens is 389 g/mol. The highest BCUT2D eigenvalue weighted by molar-refractivity contribution is 7.98. The van der Waals surface area contributed by atoms with E-state index < -0.39 is 0 Å². The zero-order chi connectivity index (χ0) is 18.3.